The number of hydrogen-bond donors (Lipinski definition) is 3. The second-order valence-corrected chi connectivity index (χ2v) is 8.50. The number of piperidine rings is 1. The Hall–Kier alpha value is -2.04. The van der Waals surface area contributed by atoms with Crippen LogP contribution in [0.4, 0.5) is 0 Å². The number of H-pyrrole nitrogens is 1. The Morgan fingerprint density at radius 1 is 1.24 bits per heavy atom. The van der Waals surface area contributed by atoms with Crippen LogP contribution in [0.5, 0.6) is 0 Å². The van der Waals surface area contributed by atoms with Crippen LogP contribution in [0.25, 0.3) is 11.0 Å². The molecule has 0 saturated carbocycles. The molecule has 10 heteroatoms. The number of fused-ring (bicyclic) bond motifs is 3. The largest absolute Gasteiger partial charge is 0.329 e. The van der Waals surface area contributed by atoms with Gasteiger partial charge in [0.05, 0.1) is 5.39 Å². The molecule has 3 N–H and O–H groups in total. The van der Waals surface area contributed by atoms with Crippen molar-refractivity contribution in [3.8, 4) is 0 Å². The Balaban J connectivity index is 1.68. The van der Waals surface area contributed by atoms with E-state index < -0.39 is 21.3 Å². The lowest BCUT2D eigenvalue weighted by atomic mass is 10.0. The average molecular weight is 365 g/mol. The van der Waals surface area contributed by atoms with E-state index in [1.54, 1.807) is 0 Å². The lowest BCUT2D eigenvalue weighted by Gasteiger charge is -2.29. The Labute approximate surface area is 143 Å². The second kappa shape index (κ2) is 5.75. The van der Waals surface area contributed by atoms with Crippen LogP contribution in [0.2, 0.25) is 0 Å². The number of aromatic amines is 1. The SMILES string of the molecule is Cn1c(=O)[nH]c(=O)c2cc(S(=O)(=O)NC3CC4CCC(C3)N4)cnc21. The zero-order valence-electron chi connectivity index (χ0n) is 13.7. The third kappa shape index (κ3) is 2.90. The fourth-order valence-corrected chi connectivity index (χ4v) is 5.04. The molecule has 0 amide bonds. The lowest BCUT2D eigenvalue weighted by Crippen LogP contribution is -2.47. The molecule has 4 rings (SSSR count). The van der Waals surface area contributed by atoms with Gasteiger partial charge in [0.1, 0.15) is 10.5 Å². The van der Waals surface area contributed by atoms with E-state index in [-0.39, 0.29) is 22.0 Å². The third-order valence-corrected chi connectivity index (χ3v) is 6.52. The molecule has 2 fully saturated rings. The summed E-state index contributed by atoms with van der Waals surface area (Å²) in [5.74, 6) is 0. The molecule has 2 unspecified atom stereocenters. The molecule has 9 nitrogen and oxygen atoms in total. The van der Waals surface area contributed by atoms with Crippen LogP contribution in [0, 0.1) is 0 Å². The molecule has 2 aromatic rings. The van der Waals surface area contributed by atoms with Crippen LogP contribution in [0.1, 0.15) is 25.7 Å². The summed E-state index contributed by atoms with van der Waals surface area (Å²) >= 11 is 0. The minimum Gasteiger partial charge on any atom is -0.311 e. The first-order valence-corrected chi connectivity index (χ1v) is 9.69. The summed E-state index contributed by atoms with van der Waals surface area (Å²) in [6.45, 7) is 0. The van der Waals surface area contributed by atoms with Gasteiger partial charge in [-0.2, -0.15) is 0 Å². The van der Waals surface area contributed by atoms with Crippen molar-refractivity contribution in [3.05, 3.63) is 33.1 Å². The Morgan fingerprint density at radius 2 is 1.92 bits per heavy atom. The van der Waals surface area contributed by atoms with Crippen molar-refractivity contribution >= 4 is 21.1 Å². The fraction of sp³-hybridized carbons (Fsp3) is 0.533. The Morgan fingerprint density at radius 3 is 2.60 bits per heavy atom. The fourth-order valence-electron chi connectivity index (χ4n) is 3.81. The molecule has 25 heavy (non-hydrogen) atoms. The predicted molar refractivity (Wildman–Crippen MR) is 90.9 cm³/mol. The summed E-state index contributed by atoms with van der Waals surface area (Å²) in [5, 5.41) is 3.53. The summed E-state index contributed by atoms with van der Waals surface area (Å²) in [5.41, 5.74) is -1.10. The molecule has 2 bridgehead atoms. The van der Waals surface area contributed by atoms with Crippen LogP contribution in [-0.2, 0) is 17.1 Å². The van der Waals surface area contributed by atoms with E-state index in [2.05, 4.69) is 20.0 Å². The number of rotatable bonds is 3. The maximum atomic E-state index is 12.7. The molecular weight excluding hydrogens is 346 g/mol. The molecule has 0 radical (unpaired) electrons. The standard InChI is InChI=1S/C15H19N5O4S/c1-20-13-12(14(21)18-15(20)22)6-11(7-16-13)25(23,24)19-10-4-8-2-3-9(5-10)17-8/h6-10,17,19H,2-5H2,1H3,(H,18,21,22). The van der Waals surface area contributed by atoms with Gasteiger partial charge in [-0.3, -0.25) is 14.3 Å². The first-order chi connectivity index (χ1) is 11.8. The van der Waals surface area contributed by atoms with Gasteiger partial charge in [0.25, 0.3) is 5.56 Å². The first-order valence-electron chi connectivity index (χ1n) is 8.21. The second-order valence-electron chi connectivity index (χ2n) is 6.79. The van der Waals surface area contributed by atoms with Crippen molar-refractivity contribution in [1.82, 2.24) is 24.6 Å². The van der Waals surface area contributed by atoms with Crippen LogP contribution in [0.15, 0.2) is 26.7 Å². The maximum Gasteiger partial charge on any atom is 0.329 e. The quantitative estimate of drug-likeness (QED) is 0.653. The lowest BCUT2D eigenvalue weighted by molar-refractivity contribution is 0.345. The van der Waals surface area contributed by atoms with E-state index in [1.807, 2.05) is 0 Å². The van der Waals surface area contributed by atoms with E-state index in [9.17, 15) is 18.0 Å². The van der Waals surface area contributed by atoms with Crippen molar-refractivity contribution < 1.29 is 8.42 Å². The number of sulfonamides is 1. The topological polar surface area (TPSA) is 126 Å². The molecule has 134 valence electrons. The minimum absolute atomic E-state index is 0.0651. The predicted octanol–water partition coefficient (Wildman–Crippen LogP) is -0.817. The van der Waals surface area contributed by atoms with Crippen molar-refractivity contribution in [1.29, 1.82) is 0 Å². The Kier molecular flexibility index (Phi) is 3.78. The molecule has 2 atom stereocenters. The average Bonchev–Trinajstić information content (AvgIpc) is 2.90. The zero-order chi connectivity index (χ0) is 17.8. The molecule has 2 saturated heterocycles. The highest BCUT2D eigenvalue weighted by Crippen LogP contribution is 2.27. The van der Waals surface area contributed by atoms with Crippen LogP contribution >= 0.6 is 0 Å². The number of nitrogens with one attached hydrogen (secondary N) is 3. The van der Waals surface area contributed by atoms with Gasteiger partial charge in [-0.1, -0.05) is 0 Å². The van der Waals surface area contributed by atoms with Gasteiger partial charge >= 0.3 is 5.69 Å². The van der Waals surface area contributed by atoms with Crippen LogP contribution in [-0.4, -0.2) is 41.1 Å². The van der Waals surface area contributed by atoms with E-state index in [0.717, 1.165) is 25.7 Å². The highest BCUT2D eigenvalue weighted by atomic mass is 32.2. The molecule has 2 aliphatic rings. The van der Waals surface area contributed by atoms with Gasteiger partial charge in [-0.15, -0.1) is 0 Å². The van der Waals surface area contributed by atoms with Gasteiger partial charge in [0.2, 0.25) is 10.0 Å². The van der Waals surface area contributed by atoms with E-state index in [0.29, 0.717) is 12.1 Å². The van der Waals surface area contributed by atoms with Crippen molar-refractivity contribution in [2.45, 2.75) is 48.7 Å². The summed E-state index contributed by atoms with van der Waals surface area (Å²) in [7, 11) is -2.33. The summed E-state index contributed by atoms with van der Waals surface area (Å²) in [4.78, 5) is 29.7. The van der Waals surface area contributed by atoms with Gasteiger partial charge in [-0.25, -0.2) is 22.9 Å². The summed E-state index contributed by atoms with van der Waals surface area (Å²) in [6.07, 6.45) is 4.84. The molecule has 4 heterocycles. The van der Waals surface area contributed by atoms with Crippen LogP contribution in [0.3, 0.4) is 0 Å². The molecule has 0 spiro atoms. The summed E-state index contributed by atoms with van der Waals surface area (Å²) < 4.78 is 29.3. The maximum absolute atomic E-state index is 12.7. The van der Waals surface area contributed by atoms with Gasteiger partial charge in [-0.05, 0) is 31.7 Å². The normalized spacial score (nSPS) is 26.2. The zero-order valence-corrected chi connectivity index (χ0v) is 14.5. The molecule has 2 aromatic heterocycles. The van der Waals surface area contributed by atoms with Crippen molar-refractivity contribution in [2.75, 3.05) is 0 Å². The molecular formula is C15H19N5O4S. The van der Waals surface area contributed by atoms with Gasteiger partial charge < -0.3 is 5.32 Å². The molecule has 2 aliphatic heterocycles. The monoisotopic (exact) mass is 365 g/mol. The third-order valence-electron chi connectivity index (χ3n) is 5.03. The van der Waals surface area contributed by atoms with E-state index in [1.165, 1.54) is 23.9 Å². The van der Waals surface area contributed by atoms with Gasteiger partial charge in [0, 0.05) is 31.4 Å². The number of aromatic nitrogens is 3. The highest BCUT2D eigenvalue weighted by molar-refractivity contribution is 7.89. The van der Waals surface area contributed by atoms with Crippen LogP contribution < -0.4 is 21.3 Å². The molecule has 0 aliphatic carbocycles. The number of hydrogen-bond acceptors (Lipinski definition) is 6. The van der Waals surface area contributed by atoms with Crippen molar-refractivity contribution in [3.63, 3.8) is 0 Å². The van der Waals surface area contributed by atoms with E-state index >= 15 is 0 Å². The smallest absolute Gasteiger partial charge is 0.311 e. The van der Waals surface area contributed by atoms with Gasteiger partial charge in [0.15, 0.2) is 0 Å². The summed E-state index contributed by atoms with van der Waals surface area (Å²) in [6, 6.07) is 1.86. The Bertz CT molecular complexity index is 1050. The highest BCUT2D eigenvalue weighted by Gasteiger charge is 2.35. The number of pyridine rings is 1. The minimum atomic E-state index is -3.79. The number of nitrogens with zero attached hydrogens (tertiary/aromatic N) is 2. The number of aryl methyl sites for hydroxylation is 1. The first kappa shape index (κ1) is 16.4. The van der Waals surface area contributed by atoms with Crippen molar-refractivity contribution in [2.24, 2.45) is 7.05 Å². The van der Waals surface area contributed by atoms with E-state index in [4.69, 9.17) is 0 Å². The molecule has 0 aromatic carbocycles.